The summed E-state index contributed by atoms with van der Waals surface area (Å²) in [5.74, 6) is 0. The van der Waals surface area contributed by atoms with Crippen LogP contribution >= 0.6 is 0 Å². The Hall–Kier alpha value is -1.51. The number of benzene rings is 1. The molecule has 1 N–H and O–H groups in total. The first-order valence-corrected chi connectivity index (χ1v) is 7.38. The fourth-order valence-electron chi connectivity index (χ4n) is 2.61. The molecule has 2 saturated heterocycles. The van der Waals surface area contributed by atoms with Gasteiger partial charge in [-0.3, -0.25) is 10.1 Å². The highest BCUT2D eigenvalue weighted by molar-refractivity contribution is 7.89. The molecule has 102 valence electrons. The van der Waals surface area contributed by atoms with Crippen molar-refractivity contribution in [2.75, 3.05) is 19.6 Å². The van der Waals surface area contributed by atoms with Crippen LogP contribution in [0.15, 0.2) is 29.2 Å². The minimum atomic E-state index is -3.79. The first-order chi connectivity index (χ1) is 8.97. The lowest BCUT2D eigenvalue weighted by atomic mass is 9.82. The van der Waals surface area contributed by atoms with E-state index in [2.05, 4.69) is 5.32 Å². The molecule has 0 aliphatic carbocycles. The van der Waals surface area contributed by atoms with Gasteiger partial charge in [0.2, 0.25) is 0 Å². The van der Waals surface area contributed by atoms with Crippen molar-refractivity contribution in [3.05, 3.63) is 34.4 Å². The van der Waals surface area contributed by atoms with E-state index in [4.69, 9.17) is 0 Å². The van der Waals surface area contributed by atoms with Gasteiger partial charge in [0.05, 0.1) is 10.5 Å². The first kappa shape index (κ1) is 12.5. The van der Waals surface area contributed by atoms with Crippen molar-refractivity contribution in [1.82, 2.24) is 9.62 Å². The van der Waals surface area contributed by atoms with Crippen molar-refractivity contribution in [3.8, 4) is 0 Å². The monoisotopic (exact) mass is 283 g/mol. The van der Waals surface area contributed by atoms with Gasteiger partial charge >= 0.3 is 0 Å². The van der Waals surface area contributed by atoms with Crippen LogP contribution in [0.3, 0.4) is 0 Å². The Morgan fingerprint density at radius 1 is 1.32 bits per heavy atom. The SMILES string of the molecule is O=[N+]([O-])c1ccccc1S(=O)(=O)N1CCC12CNC2. The maximum Gasteiger partial charge on any atom is 0.289 e. The van der Waals surface area contributed by atoms with Crippen LogP contribution in [0.1, 0.15) is 6.42 Å². The quantitative estimate of drug-likeness (QED) is 0.637. The predicted octanol–water partition coefficient (Wildman–Crippen LogP) is 0.331. The number of nitro benzene ring substituents is 1. The van der Waals surface area contributed by atoms with E-state index in [1.165, 1.54) is 28.6 Å². The van der Waals surface area contributed by atoms with Crippen LogP contribution in [0.5, 0.6) is 0 Å². The van der Waals surface area contributed by atoms with Gasteiger partial charge < -0.3 is 5.32 Å². The highest BCUT2D eigenvalue weighted by Gasteiger charge is 2.55. The third-order valence-corrected chi connectivity index (χ3v) is 5.90. The average Bonchev–Trinajstić information content (AvgIpc) is 2.25. The van der Waals surface area contributed by atoms with E-state index < -0.39 is 14.9 Å². The van der Waals surface area contributed by atoms with Crippen LogP contribution in [0.4, 0.5) is 5.69 Å². The maximum atomic E-state index is 12.5. The summed E-state index contributed by atoms with van der Waals surface area (Å²) < 4.78 is 26.5. The van der Waals surface area contributed by atoms with Crippen LogP contribution in [0.2, 0.25) is 0 Å². The maximum absolute atomic E-state index is 12.5. The Morgan fingerprint density at radius 3 is 2.47 bits per heavy atom. The summed E-state index contributed by atoms with van der Waals surface area (Å²) in [6, 6.07) is 5.49. The highest BCUT2D eigenvalue weighted by atomic mass is 32.2. The number of hydrogen-bond donors (Lipinski definition) is 1. The molecule has 19 heavy (non-hydrogen) atoms. The molecule has 1 spiro atoms. The van der Waals surface area contributed by atoms with E-state index in [9.17, 15) is 18.5 Å². The molecule has 2 aliphatic rings. The molecule has 0 saturated carbocycles. The van der Waals surface area contributed by atoms with Crippen molar-refractivity contribution in [3.63, 3.8) is 0 Å². The molecule has 2 heterocycles. The minimum absolute atomic E-state index is 0.217. The Kier molecular flexibility index (Phi) is 2.63. The minimum Gasteiger partial charge on any atom is -0.313 e. The van der Waals surface area contributed by atoms with E-state index in [-0.39, 0.29) is 16.1 Å². The predicted molar refractivity (Wildman–Crippen MR) is 67.2 cm³/mol. The highest BCUT2D eigenvalue weighted by Crippen LogP contribution is 2.40. The summed E-state index contributed by atoms with van der Waals surface area (Å²) in [4.78, 5) is 10.1. The lowest BCUT2D eigenvalue weighted by molar-refractivity contribution is -0.387. The molecule has 0 bridgehead atoms. The molecule has 0 radical (unpaired) electrons. The van der Waals surface area contributed by atoms with E-state index >= 15 is 0 Å². The second-order valence-electron chi connectivity index (χ2n) is 4.88. The van der Waals surface area contributed by atoms with Crippen LogP contribution < -0.4 is 5.32 Å². The zero-order valence-corrected chi connectivity index (χ0v) is 10.9. The summed E-state index contributed by atoms with van der Waals surface area (Å²) >= 11 is 0. The summed E-state index contributed by atoms with van der Waals surface area (Å²) in [7, 11) is -3.79. The number of nitro groups is 1. The van der Waals surface area contributed by atoms with E-state index in [0.29, 0.717) is 19.6 Å². The lowest BCUT2D eigenvalue weighted by Crippen LogP contribution is -2.76. The summed E-state index contributed by atoms with van der Waals surface area (Å²) in [6.45, 7) is 1.66. The summed E-state index contributed by atoms with van der Waals surface area (Å²) in [5, 5.41) is 14.0. The fraction of sp³-hybridized carbons (Fsp3) is 0.455. The number of para-hydroxylation sites is 1. The largest absolute Gasteiger partial charge is 0.313 e. The van der Waals surface area contributed by atoms with Crippen molar-refractivity contribution in [2.45, 2.75) is 16.9 Å². The van der Waals surface area contributed by atoms with Gasteiger partial charge in [-0.15, -0.1) is 0 Å². The normalized spacial score (nSPS) is 21.7. The van der Waals surface area contributed by atoms with Gasteiger partial charge in [0.15, 0.2) is 4.90 Å². The Bertz CT molecular complexity index is 634. The molecule has 8 heteroatoms. The molecule has 0 amide bonds. The van der Waals surface area contributed by atoms with Crippen molar-refractivity contribution < 1.29 is 13.3 Å². The van der Waals surface area contributed by atoms with Crippen LogP contribution in [-0.2, 0) is 10.0 Å². The van der Waals surface area contributed by atoms with Crippen molar-refractivity contribution in [1.29, 1.82) is 0 Å². The average molecular weight is 283 g/mol. The molecule has 2 aliphatic heterocycles. The molecule has 7 nitrogen and oxygen atoms in total. The zero-order chi connectivity index (χ0) is 13.7. The molecule has 0 aromatic heterocycles. The molecule has 1 aromatic rings. The van der Waals surface area contributed by atoms with Gasteiger partial charge in [-0.2, -0.15) is 4.31 Å². The summed E-state index contributed by atoms with van der Waals surface area (Å²) in [6.07, 6.45) is 0.805. The Balaban J connectivity index is 2.04. The van der Waals surface area contributed by atoms with Gasteiger partial charge in [0.25, 0.3) is 15.7 Å². The van der Waals surface area contributed by atoms with Gasteiger partial charge in [0, 0.05) is 25.7 Å². The van der Waals surface area contributed by atoms with Gasteiger partial charge in [-0.25, -0.2) is 8.42 Å². The molecular formula is C11H13N3O4S. The molecule has 1 aromatic carbocycles. The smallest absolute Gasteiger partial charge is 0.289 e. The number of hydrogen-bond acceptors (Lipinski definition) is 5. The van der Waals surface area contributed by atoms with Gasteiger partial charge in [-0.05, 0) is 12.5 Å². The van der Waals surface area contributed by atoms with Gasteiger partial charge in [0.1, 0.15) is 0 Å². The Labute approximate surface area is 110 Å². The molecular weight excluding hydrogens is 270 g/mol. The molecule has 0 atom stereocenters. The fourth-order valence-corrected chi connectivity index (χ4v) is 4.56. The van der Waals surface area contributed by atoms with Gasteiger partial charge in [-0.1, -0.05) is 12.1 Å². The second kappa shape index (κ2) is 3.99. The Morgan fingerprint density at radius 2 is 2.00 bits per heavy atom. The number of nitrogens with zero attached hydrogens (tertiary/aromatic N) is 2. The number of sulfonamides is 1. The van der Waals surface area contributed by atoms with Crippen LogP contribution in [0, 0.1) is 10.1 Å². The number of rotatable bonds is 3. The molecule has 3 rings (SSSR count). The van der Waals surface area contributed by atoms with Crippen LogP contribution in [-0.4, -0.2) is 42.8 Å². The second-order valence-corrected chi connectivity index (χ2v) is 6.71. The zero-order valence-electron chi connectivity index (χ0n) is 10.1. The van der Waals surface area contributed by atoms with Crippen molar-refractivity contribution in [2.24, 2.45) is 0 Å². The standard InChI is InChI=1S/C11H13N3O4S/c15-14(16)9-3-1-2-4-10(9)19(17,18)13-6-5-11(13)7-12-8-11/h1-4,12H,5-8H2. The van der Waals surface area contributed by atoms with E-state index in [0.717, 1.165) is 6.42 Å². The van der Waals surface area contributed by atoms with E-state index in [1.807, 2.05) is 0 Å². The first-order valence-electron chi connectivity index (χ1n) is 5.94. The van der Waals surface area contributed by atoms with Crippen LogP contribution in [0.25, 0.3) is 0 Å². The van der Waals surface area contributed by atoms with E-state index in [1.54, 1.807) is 0 Å². The summed E-state index contributed by atoms with van der Waals surface area (Å²) in [5.41, 5.74) is -0.723. The molecule has 2 fully saturated rings. The lowest BCUT2D eigenvalue weighted by Gasteiger charge is -2.57. The third kappa shape index (κ3) is 1.67. The topological polar surface area (TPSA) is 92.5 Å². The third-order valence-electron chi connectivity index (χ3n) is 3.85. The van der Waals surface area contributed by atoms with Crippen molar-refractivity contribution >= 4 is 15.7 Å². The molecule has 0 unspecified atom stereocenters. The number of nitrogens with one attached hydrogen (secondary N) is 1.